The molecule has 0 radical (unpaired) electrons. The minimum absolute atomic E-state index is 0.682. The summed E-state index contributed by atoms with van der Waals surface area (Å²) in [5.41, 5.74) is 3.59. The Kier molecular flexibility index (Phi) is 2.11. The number of anilines is 1. The van der Waals surface area contributed by atoms with Crippen LogP contribution in [-0.2, 0) is 0 Å². The van der Waals surface area contributed by atoms with Crippen LogP contribution in [0.15, 0.2) is 12.1 Å². The van der Waals surface area contributed by atoms with Crippen LogP contribution in [0.4, 0.5) is 5.82 Å². The van der Waals surface area contributed by atoms with Crippen molar-refractivity contribution in [2.24, 2.45) is 5.84 Å². The molecule has 0 aliphatic rings. The molecule has 1 aromatic heterocycles. The van der Waals surface area contributed by atoms with Gasteiger partial charge in [-0.3, -0.25) is 0 Å². The zero-order chi connectivity index (χ0) is 9.42. The number of aryl methyl sites for hydroxylation is 1. The van der Waals surface area contributed by atoms with E-state index in [0.29, 0.717) is 5.82 Å². The maximum atomic E-state index is 5.98. The minimum atomic E-state index is 0.682. The lowest BCUT2D eigenvalue weighted by Crippen LogP contribution is -2.06. The summed E-state index contributed by atoms with van der Waals surface area (Å²) in [6.45, 7) is 1.97. The van der Waals surface area contributed by atoms with Crippen molar-refractivity contribution in [2.75, 3.05) is 5.43 Å². The number of hydrazine groups is 1. The molecule has 0 saturated carbocycles. The Morgan fingerprint density at radius 1 is 1.54 bits per heavy atom. The number of rotatable bonds is 1. The van der Waals surface area contributed by atoms with Crippen LogP contribution >= 0.6 is 23.1 Å². The molecule has 2 aromatic rings. The number of benzene rings is 1. The molecule has 1 aromatic carbocycles. The Hall–Kier alpha value is -0.840. The largest absolute Gasteiger partial charge is 0.307 e. The Morgan fingerprint density at radius 2 is 2.31 bits per heavy atom. The number of aromatic nitrogens is 1. The Morgan fingerprint density at radius 3 is 3.00 bits per heavy atom. The lowest BCUT2D eigenvalue weighted by Gasteiger charge is -1.98. The molecular weight excluding hydrogens is 206 g/mol. The first-order valence-electron chi connectivity index (χ1n) is 3.74. The van der Waals surface area contributed by atoms with Crippen LogP contribution in [0.1, 0.15) is 5.56 Å². The van der Waals surface area contributed by atoms with Gasteiger partial charge in [0.2, 0.25) is 0 Å². The van der Waals surface area contributed by atoms with Crippen molar-refractivity contribution in [3.63, 3.8) is 0 Å². The number of nitrogens with one attached hydrogen (secondary N) is 1. The second kappa shape index (κ2) is 3.14. The van der Waals surface area contributed by atoms with E-state index in [1.165, 1.54) is 11.5 Å². The molecule has 0 amide bonds. The smallest absolute Gasteiger partial charge is 0.161 e. The third-order valence-corrected chi connectivity index (χ3v) is 3.10. The summed E-state index contributed by atoms with van der Waals surface area (Å²) >= 11 is 7.39. The molecule has 3 nitrogen and oxygen atoms in total. The van der Waals surface area contributed by atoms with Gasteiger partial charge in [-0.2, -0.15) is 4.37 Å². The molecule has 0 saturated heterocycles. The van der Waals surface area contributed by atoms with E-state index in [0.717, 1.165) is 20.7 Å². The zero-order valence-electron chi connectivity index (χ0n) is 6.97. The average molecular weight is 214 g/mol. The highest BCUT2D eigenvalue weighted by atomic mass is 35.5. The molecule has 0 atom stereocenters. The van der Waals surface area contributed by atoms with Crippen LogP contribution < -0.4 is 11.3 Å². The van der Waals surface area contributed by atoms with Gasteiger partial charge in [-0.25, -0.2) is 5.84 Å². The molecule has 0 aliphatic heterocycles. The Balaban J connectivity index is 2.77. The Bertz CT molecular complexity index is 452. The fourth-order valence-electron chi connectivity index (χ4n) is 1.16. The maximum absolute atomic E-state index is 5.98. The standard InChI is InChI=1S/C8H8ClN3S/c1-4-2-7-5(3-6(4)9)8(11-10)12-13-7/h2-3H,10H2,1H3,(H,11,12). The molecule has 0 unspecified atom stereocenters. The number of nitrogens with zero attached hydrogens (tertiary/aromatic N) is 1. The Labute approximate surface area is 84.6 Å². The van der Waals surface area contributed by atoms with Crippen molar-refractivity contribution in [2.45, 2.75) is 6.92 Å². The van der Waals surface area contributed by atoms with Crippen LogP contribution in [-0.4, -0.2) is 4.37 Å². The summed E-state index contributed by atoms with van der Waals surface area (Å²) in [6.07, 6.45) is 0. The number of fused-ring (bicyclic) bond motifs is 1. The molecule has 0 bridgehead atoms. The summed E-state index contributed by atoms with van der Waals surface area (Å²) < 4.78 is 5.24. The molecule has 5 heteroatoms. The van der Waals surface area contributed by atoms with Gasteiger partial charge in [-0.15, -0.1) is 0 Å². The van der Waals surface area contributed by atoms with Crippen LogP contribution in [0.2, 0.25) is 5.02 Å². The van der Waals surface area contributed by atoms with E-state index in [1.807, 2.05) is 19.1 Å². The van der Waals surface area contributed by atoms with Crippen LogP contribution in [0.25, 0.3) is 10.1 Å². The van der Waals surface area contributed by atoms with Gasteiger partial charge in [-0.1, -0.05) is 11.6 Å². The molecule has 0 spiro atoms. The van der Waals surface area contributed by atoms with Crippen LogP contribution in [0, 0.1) is 6.92 Å². The predicted octanol–water partition coefficient (Wildman–Crippen LogP) is 2.54. The first kappa shape index (κ1) is 8.74. The van der Waals surface area contributed by atoms with E-state index in [9.17, 15) is 0 Å². The molecule has 0 fully saturated rings. The molecule has 3 N–H and O–H groups in total. The van der Waals surface area contributed by atoms with Gasteiger partial charge >= 0.3 is 0 Å². The van der Waals surface area contributed by atoms with Crippen molar-refractivity contribution < 1.29 is 0 Å². The lowest BCUT2D eigenvalue weighted by molar-refractivity contribution is 1.32. The van der Waals surface area contributed by atoms with E-state index >= 15 is 0 Å². The molecule has 1 heterocycles. The number of hydrogen-bond donors (Lipinski definition) is 2. The van der Waals surface area contributed by atoms with Crippen molar-refractivity contribution in [1.29, 1.82) is 0 Å². The number of halogens is 1. The molecule has 13 heavy (non-hydrogen) atoms. The third kappa shape index (κ3) is 1.37. The first-order valence-corrected chi connectivity index (χ1v) is 4.89. The molecule has 2 rings (SSSR count). The maximum Gasteiger partial charge on any atom is 0.161 e. The molecular formula is C8H8ClN3S. The summed E-state index contributed by atoms with van der Waals surface area (Å²) in [5.74, 6) is 5.98. The second-order valence-corrected chi connectivity index (χ2v) is 3.99. The van der Waals surface area contributed by atoms with Crippen LogP contribution in [0.5, 0.6) is 0 Å². The summed E-state index contributed by atoms with van der Waals surface area (Å²) in [6, 6.07) is 3.89. The van der Waals surface area contributed by atoms with E-state index in [4.69, 9.17) is 17.4 Å². The summed E-state index contributed by atoms with van der Waals surface area (Å²) in [5, 5.41) is 1.72. The van der Waals surface area contributed by atoms with E-state index in [-0.39, 0.29) is 0 Å². The topological polar surface area (TPSA) is 50.9 Å². The van der Waals surface area contributed by atoms with Gasteiger partial charge < -0.3 is 5.43 Å². The minimum Gasteiger partial charge on any atom is -0.307 e. The average Bonchev–Trinajstić information content (AvgIpc) is 2.48. The summed E-state index contributed by atoms with van der Waals surface area (Å²) in [7, 11) is 0. The van der Waals surface area contributed by atoms with E-state index < -0.39 is 0 Å². The second-order valence-electron chi connectivity index (χ2n) is 2.77. The summed E-state index contributed by atoms with van der Waals surface area (Å²) in [4.78, 5) is 0. The highest BCUT2D eigenvalue weighted by Gasteiger charge is 2.06. The van der Waals surface area contributed by atoms with Crippen molar-refractivity contribution >= 4 is 39.0 Å². The van der Waals surface area contributed by atoms with Crippen molar-refractivity contribution in [3.05, 3.63) is 22.7 Å². The molecule has 0 aliphatic carbocycles. The first-order chi connectivity index (χ1) is 6.22. The zero-order valence-corrected chi connectivity index (χ0v) is 8.54. The van der Waals surface area contributed by atoms with Gasteiger partial charge in [0.25, 0.3) is 0 Å². The highest BCUT2D eigenvalue weighted by molar-refractivity contribution is 7.13. The van der Waals surface area contributed by atoms with E-state index in [2.05, 4.69) is 9.80 Å². The fraction of sp³-hybridized carbons (Fsp3) is 0.125. The SMILES string of the molecule is Cc1cc2snc(NN)c2cc1Cl. The van der Waals surface area contributed by atoms with Gasteiger partial charge in [0.05, 0.1) is 4.70 Å². The van der Waals surface area contributed by atoms with E-state index in [1.54, 1.807) is 0 Å². The number of nitrogen functional groups attached to an aromatic ring is 1. The van der Waals surface area contributed by atoms with Gasteiger partial charge in [0.15, 0.2) is 5.82 Å². The normalized spacial score (nSPS) is 10.7. The predicted molar refractivity (Wildman–Crippen MR) is 57.2 cm³/mol. The van der Waals surface area contributed by atoms with Gasteiger partial charge in [0.1, 0.15) is 0 Å². The van der Waals surface area contributed by atoms with Gasteiger partial charge in [0, 0.05) is 10.4 Å². The van der Waals surface area contributed by atoms with Crippen molar-refractivity contribution in [3.8, 4) is 0 Å². The van der Waals surface area contributed by atoms with Crippen molar-refractivity contribution in [1.82, 2.24) is 4.37 Å². The number of hydrogen-bond acceptors (Lipinski definition) is 4. The molecule has 68 valence electrons. The van der Waals surface area contributed by atoms with Gasteiger partial charge in [-0.05, 0) is 36.2 Å². The van der Waals surface area contributed by atoms with Crippen LogP contribution in [0.3, 0.4) is 0 Å². The number of nitrogens with two attached hydrogens (primary N) is 1. The lowest BCUT2D eigenvalue weighted by atomic mass is 10.2. The monoisotopic (exact) mass is 213 g/mol. The quantitative estimate of drug-likeness (QED) is 0.566. The third-order valence-electron chi connectivity index (χ3n) is 1.89. The highest BCUT2D eigenvalue weighted by Crippen LogP contribution is 2.30. The fourth-order valence-corrected chi connectivity index (χ4v) is 2.15.